The molecule has 2 N–H and O–H groups in total. The average molecular weight is 384 g/mol. The topological polar surface area (TPSA) is 110 Å². The van der Waals surface area contributed by atoms with E-state index in [4.69, 9.17) is 5.11 Å². The van der Waals surface area contributed by atoms with E-state index < -0.39 is 21.4 Å². The van der Waals surface area contributed by atoms with Crippen LogP contribution in [0.1, 0.15) is 57.8 Å². The largest absolute Gasteiger partial charge is 0.480 e. The maximum absolute atomic E-state index is 12.5. The number of hydrogen-bond donors (Lipinski definition) is 2. The molecule has 8 heteroatoms. The van der Waals surface area contributed by atoms with Crippen LogP contribution in [-0.4, -0.2) is 55.3 Å². The summed E-state index contributed by atoms with van der Waals surface area (Å²) in [5.74, 6) is -0.340. The molecule has 0 radical (unpaired) electrons. The maximum Gasteiger partial charge on any atom is 0.317 e. The first-order valence-electron chi connectivity index (χ1n) is 9.68. The Morgan fingerprint density at radius 3 is 2.42 bits per heavy atom. The zero-order valence-electron chi connectivity index (χ0n) is 15.2. The highest BCUT2D eigenvalue weighted by atomic mass is 32.2. The number of carboxylic acid groups (broad SMARTS) is 1. The third-order valence-electron chi connectivity index (χ3n) is 6.02. The van der Waals surface area contributed by atoms with Gasteiger partial charge in [-0.3, -0.25) is 9.69 Å². The molecule has 146 valence electrons. The van der Waals surface area contributed by atoms with Crippen LogP contribution in [0.15, 0.2) is 0 Å². The summed E-state index contributed by atoms with van der Waals surface area (Å²) in [6.45, 7) is 0.826. The Labute approximate surface area is 155 Å². The summed E-state index contributed by atoms with van der Waals surface area (Å²) in [6, 6.07) is 2.27. The summed E-state index contributed by atoms with van der Waals surface area (Å²) in [6.07, 6.45) is 7.85. The summed E-state index contributed by atoms with van der Waals surface area (Å²) >= 11 is 0. The second-order valence-electron chi connectivity index (χ2n) is 8.42. The lowest BCUT2D eigenvalue weighted by Crippen LogP contribution is -2.56. The molecule has 26 heavy (non-hydrogen) atoms. The van der Waals surface area contributed by atoms with E-state index in [1.807, 2.05) is 4.90 Å². The van der Waals surface area contributed by atoms with E-state index in [1.165, 1.54) is 0 Å². The number of nitrogens with one attached hydrogen (secondary N) is 1. The van der Waals surface area contributed by atoms with Crippen LogP contribution in [0.3, 0.4) is 0 Å². The van der Waals surface area contributed by atoms with E-state index in [-0.39, 0.29) is 24.4 Å². The van der Waals surface area contributed by atoms with Gasteiger partial charge in [-0.25, -0.2) is 13.1 Å². The van der Waals surface area contributed by atoms with Crippen LogP contribution >= 0.6 is 0 Å². The molecule has 0 spiro atoms. The van der Waals surface area contributed by atoms with Crippen LogP contribution in [0.4, 0.5) is 0 Å². The summed E-state index contributed by atoms with van der Waals surface area (Å²) < 4.78 is 27.8. The van der Waals surface area contributed by atoms with Crippen LogP contribution in [-0.2, 0) is 14.8 Å². The Balaban J connectivity index is 1.50. The first kappa shape index (κ1) is 19.6. The third-order valence-corrected chi connectivity index (χ3v) is 7.64. The highest BCUT2D eigenvalue weighted by Crippen LogP contribution is 2.37. The molecule has 0 atom stereocenters. The van der Waals surface area contributed by atoms with Gasteiger partial charge in [0.05, 0.1) is 23.8 Å². The molecule has 0 aromatic carbocycles. The second kappa shape index (κ2) is 7.83. The minimum Gasteiger partial charge on any atom is -0.480 e. The Morgan fingerprint density at radius 2 is 1.88 bits per heavy atom. The van der Waals surface area contributed by atoms with Crippen molar-refractivity contribution in [2.45, 2.75) is 69.9 Å². The van der Waals surface area contributed by atoms with E-state index in [1.54, 1.807) is 0 Å². The molecular formula is C18H29N3O4S. The molecule has 0 saturated heterocycles. The Hall–Kier alpha value is -1.17. The quantitative estimate of drug-likeness (QED) is 0.627. The number of carboxylic acids is 1. The lowest BCUT2D eigenvalue weighted by Gasteiger charge is -2.43. The third kappa shape index (κ3) is 5.18. The van der Waals surface area contributed by atoms with E-state index in [0.29, 0.717) is 31.6 Å². The van der Waals surface area contributed by atoms with E-state index in [9.17, 15) is 18.5 Å². The van der Waals surface area contributed by atoms with E-state index in [0.717, 1.165) is 38.6 Å². The van der Waals surface area contributed by atoms with Gasteiger partial charge in [-0.15, -0.1) is 0 Å². The molecule has 3 aliphatic carbocycles. The highest BCUT2D eigenvalue weighted by molar-refractivity contribution is 7.89. The predicted octanol–water partition coefficient (Wildman–Crippen LogP) is 1.71. The van der Waals surface area contributed by atoms with Crippen LogP contribution < -0.4 is 4.72 Å². The van der Waals surface area contributed by atoms with Crippen molar-refractivity contribution >= 4 is 16.0 Å². The molecule has 7 nitrogen and oxygen atoms in total. The normalized spacial score (nSPS) is 28.3. The predicted molar refractivity (Wildman–Crippen MR) is 96.8 cm³/mol. The minimum absolute atomic E-state index is 0.0260. The van der Waals surface area contributed by atoms with Gasteiger partial charge in [-0.1, -0.05) is 19.3 Å². The average Bonchev–Trinajstić information content (AvgIpc) is 3.34. The Kier molecular flexibility index (Phi) is 5.90. The zero-order valence-corrected chi connectivity index (χ0v) is 16.0. The maximum atomic E-state index is 12.5. The van der Waals surface area contributed by atoms with E-state index >= 15 is 0 Å². The van der Waals surface area contributed by atoms with Crippen molar-refractivity contribution in [3.8, 4) is 6.07 Å². The molecule has 3 aliphatic rings. The summed E-state index contributed by atoms with van der Waals surface area (Å²) in [7, 11) is -3.50. The lowest BCUT2D eigenvalue weighted by atomic mass is 9.77. The van der Waals surface area contributed by atoms with Crippen molar-refractivity contribution in [3.63, 3.8) is 0 Å². The molecule has 3 rings (SSSR count). The molecule has 0 unspecified atom stereocenters. The molecule has 0 aromatic rings. The van der Waals surface area contributed by atoms with Crippen LogP contribution in [0.2, 0.25) is 0 Å². The Bertz CT molecular complexity index is 656. The molecule has 0 aromatic heterocycles. The molecule has 0 bridgehead atoms. The number of carbonyl (C=O) groups is 1. The van der Waals surface area contributed by atoms with Crippen molar-refractivity contribution in [2.24, 2.45) is 11.3 Å². The fraction of sp³-hybridized carbons (Fsp3) is 0.889. The van der Waals surface area contributed by atoms with Crippen LogP contribution in [0, 0.1) is 22.7 Å². The standard InChI is InChI=1S/C18H29N3O4S/c19-12-18(6-2-1-3-7-18)13-26(24,25)20-15-8-16(9-15)21(11-17(22)23)10-14-4-5-14/h14-16,20H,1-11,13H2,(H,22,23). The van der Waals surface area contributed by atoms with Gasteiger partial charge in [0.2, 0.25) is 10.0 Å². The van der Waals surface area contributed by atoms with Crippen molar-refractivity contribution in [1.82, 2.24) is 9.62 Å². The minimum atomic E-state index is -3.50. The number of nitriles is 1. The Morgan fingerprint density at radius 1 is 1.23 bits per heavy atom. The molecule has 0 amide bonds. The monoisotopic (exact) mass is 383 g/mol. The highest BCUT2D eigenvalue weighted by Gasteiger charge is 2.41. The SMILES string of the molecule is N#CC1(CS(=O)(=O)NC2CC(N(CC(=O)O)CC3CC3)C2)CCCCC1. The number of rotatable bonds is 9. The van der Waals surface area contributed by atoms with Crippen LogP contribution in [0.25, 0.3) is 0 Å². The van der Waals surface area contributed by atoms with Crippen molar-refractivity contribution < 1.29 is 18.3 Å². The number of sulfonamides is 1. The van der Waals surface area contributed by atoms with Gasteiger partial charge in [-0.2, -0.15) is 5.26 Å². The smallest absolute Gasteiger partial charge is 0.317 e. The van der Waals surface area contributed by atoms with Gasteiger partial charge in [0, 0.05) is 18.6 Å². The summed E-state index contributed by atoms with van der Waals surface area (Å²) in [4.78, 5) is 13.1. The molecular weight excluding hydrogens is 354 g/mol. The van der Waals surface area contributed by atoms with Crippen molar-refractivity contribution in [3.05, 3.63) is 0 Å². The van der Waals surface area contributed by atoms with Gasteiger partial charge < -0.3 is 5.11 Å². The molecule has 3 fully saturated rings. The van der Waals surface area contributed by atoms with Crippen molar-refractivity contribution in [2.75, 3.05) is 18.8 Å². The summed E-state index contributed by atoms with van der Waals surface area (Å²) in [5, 5.41) is 18.6. The van der Waals surface area contributed by atoms with Gasteiger partial charge >= 0.3 is 5.97 Å². The first-order chi connectivity index (χ1) is 12.3. The molecule has 0 aliphatic heterocycles. The fourth-order valence-electron chi connectivity index (χ4n) is 4.31. The van der Waals surface area contributed by atoms with Gasteiger partial charge in [0.1, 0.15) is 0 Å². The van der Waals surface area contributed by atoms with E-state index in [2.05, 4.69) is 10.8 Å². The molecule has 3 saturated carbocycles. The number of nitrogens with zero attached hydrogens (tertiary/aromatic N) is 2. The van der Waals surface area contributed by atoms with Crippen molar-refractivity contribution in [1.29, 1.82) is 5.26 Å². The number of hydrogen-bond acceptors (Lipinski definition) is 5. The van der Waals surface area contributed by atoms with Gasteiger partial charge in [-0.05, 0) is 44.4 Å². The summed E-state index contributed by atoms with van der Waals surface area (Å²) in [5.41, 5.74) is -0.742. The zero-order chi connectivity index (χ0) is 18.8. The fourth-order valence-corrected chi connectivity index (χ4v) is 6.17. The number of aliphatic carboxylic acids is 1. The first-order valence-corrected chi connectivity index (χ1v) is 11.3. The van der Waals surface area contributed by atoms with Crippen LogP contribution in [0.5, 0.6) is 0 Å². The van der Waals surface area contributed by atoms with Gasteiger partial charge in [0.25, 0.3) is 0 Å². The second-order valence-corrected chi connectivity index (χ2v) is 10.2. The van der Waals surface area contributed by atoms with Gasteiger partial charge in [0.15, 0.2) is 0 Å². The lowest BCUT2D eigenvalue weighted by molar-refractivity contribution is -0.139. The molecule has 0 heterocycles.